The summed E-state index contributed by atoms with van der Waals surface area (Å²) in [5, 5.41) is 12.4. The lowest BCUT2D eigenvalue weighted by atomic mass is 9.83. The van der Waals surface area contributed by atoms with Gasteiger partial charge in [0.05, 0.1) is 12.2 Å². The van der Waals surface area contributed by atoms with Gasteiger partial charge in [-0.1, -0.05) is 13.8 Å². The number of hydrogen-bond donors (Lipinski definition) is 2. The van der Waals surface area contributed by atoms with E-state index in [0.29, 0.717) is 17.9 Å². The summed E-state index contributed by atoms with van der Waals surface area (Å²) in [7, 11) is 0. The molecule has 0 aliphatic heterocycles. The summed E-state index contributed by atoms with van der Waals surface area (Å²) in [5.41, 5.74) is 1.28. The molecule has 0 saturated heterocycles. The first-order valence-corrected chi connectivity index (χ1v) is 6.86. The van der Waals surface area contributed by atoms with Crippen LogP contribution < -0.4 is 5.32 Å². The Morgan fingerprint density at radius 3 is 2.16 bits per heavy atom. The van der Waals surface area contributed by atoms with Crippen molar-refractivity contribution in [3.63, 3.8) is 0 Å². The fraction of sp³-hybridized carbons (Fsp3) is 0.667. The molecule has 108 valence electrons. The molecule has 0 atom stereocenters. The smallest absolute Gasteiger partial charge is 0.255 e. The molecule has 4 heteroatoms. The number of aryl methyl sites for hydroxylation is 2. The highest BCUT2D eigenvalue weighted by Crippen LogP contribution is 2.25. The standard InChI is InChI=1S/C15H25NO3/c1-6-15(7-2,9-17)8-16-14(18)13-10(3)11(4)19-12(13)5/h17H,6-9H2,1-5H3,(H,16,18). The van der Waals surface area contributed by atoms with Crippen LogP contribution in [-0.2, 0) is 0 Å². The van der Waals surface area contributed by atoms with Gasteiger partial charge >= 0.3 is 0 Å². The molecule has 0 fully saturated rings. The molecule has 1 aromatic heterocycles. The summed E-state index contributed by atoms with van der Waals surface area (Å²) in [6.07, 6.45) is 1.67. The maximum absolute atomic E-state index is 12.2. The number of furan rings is 1. The van der Waals surface area contributed by atoms with Crippen molar-refractivity contribution in [2.24, 2.45) is 5.41 Å². The van der Waals surface area contributed by atoms with Gasteiger partial charge in [0.25, 0.3) is 5.91 Å². The van der Waals surface area contributed by atoms with E-state index in [4.69, 9.17) is 4.42 Å². The van der Waals surface area contributed by atoms with Crippen molar-refractivity contribution in [3.05, 3.63) is 22.6 Å². The highest BCUT2D eigenvalue weighted by atomic mass is 16.3. The Morgan fingerprint density at radius 2 is 1.79 bits per heavy atom. The Kier molecular flexibility index (Phi) is 5.18. The van der Waals surface area contributed by atoms with Crippen LogP contribution in [0, 0.1) is 26.2 Å². The second-order valence-corrected chi connectivity index (χ2v) is 5.26. The summed E-state index contributed by atoms with van der Waals surface area (Å²) < 4.78 is 5.47. The normalized spacial score (nSPS) is 11.7. The third-order valence-corrected chi connectivity index (χ3v) is 4.25. The van der Waals surface area contributed by atoms with E-state index in [9.17, 15) is 9.90 Å². The van der Waals surface area contributed by atoms with Crippen LogP contribution >= 0.6 is 0 Å². The maximum atomic E-state index is 12.2. The fourth-order valence-electron chi connectivity index (χ4n) is 2.26. The molecule has 1 amide bonds. The minimum atomic E-state index is -0.226. The van der Waals surface area contributed by atoms with Crippen molar-refractivity contribution in [1.29, 1.82) is 0 Å². The monoisotopic (exact) mass is 267 g/mol. The molecule has 1 rings (SSSR count). The highest BCUT2D eigenvalue weighted by Gasteiger charge is 2.27. The number of amides is 1. The van der Waals surface area contributed by atoms with Gasteiger partial charge in [0.15, 0.2) is 0 Å². The van der Waals surface area contributed by atoms with Gasteiger partial charge in [-0.3, -0.25) is 4.79 Å². The van der Waals surface area contributed by atoms with E-state index in [-0.39, 0.29) is 17.9 Å². The van der Waals surface area contributed by atoms with Crippen LogP contribution in [-0.4, -0.2) is 24.2 Å². The van der Waals surface area contributed by atoms with Crippen molar-refractivity contribution in [1.82, 2.24) is 5.32 Å². The van der Waals surface area contributed by atoms with Crippen LogP contribution in [0.3, 0.4) is 0 Å². The van der Waals surface area contributed by atoms with E-state index in [1.165, 1.54) is 0 Å². The summed E-state index contributed by atoms with van der Waals surface area (Å²) in [6, 6.07) is 0. The third kappa shape index (κ3) is 3.18. The zero-order valence-electron chi connectivity index (χ0n) is 12.6. The molecule has 2 N–H and O–H groups in total. The molecule has 0 radical (unpaired) electrons. The van der Waals surface area contributed by atoms with E-state index in [1.54, 1.807) is 6.92 Å². The molecule has 0 bridgehead atoms. The molecule has 0 aromatic carbocycles. The predicted octanol–water partition coefficient (Wildman–Crippen LogP) is 2.73. The van der Waals surface area contributed by atoms with Gasteiger partial charge in [-0.2, -0.15) is 0 Å². The Morgan fingerprint density at radius 1 is 1.21 bits per heavy atom. The highest BCUT2D eigenvalue weighted by molar-refractivity contribution is 5.96. The largest absolute Gasteiger partial charge is 0.466 e. The van der Waals surface area contributed by atoms with Gasteiger partial charge in [0.1, 0.15) is 11.5 Å². The first-order valence-electron chi connectivity index (χ1n) is 6.86. The van der Waals surface area contributed by atoms with Gasteiger partial charge in [-0.15, -0.1) is 0 Å². The van der Waals surface area contributed by atoms with E-state index in [0.717, 1.165) is 24.2 Å². The quantitative estimate of drug-likeness (QED) is 0.833. The van der Waals surface area contributed by atoms with Crippen LogP contribution in [0.15, 0.2) is 4.42 Å². The summed E-state index contributed by atoms with van der Waals surface area (Å²) >= 11 is 0. The molecule has 0 aliphatic rings. The summed E-state index contributed by atoms with van der Waals surface area (Å²) in [6.45, 7) is 10.2. The van der Waals surface area contributed by atoms with Crippen molar-refractivity contribution in [2.45, 2.75) is 47.5 Å². The number of aliphatic hydroxyl groups excluding tert-OH is 1. The van der Waals surface area contributed by atoms with E-state index in [2.05, 4.69) is 5.32 Å². The molecule has 0 saturated carbocycles. The number of hydrogen-bond acceptors (Lipinski definition) is 3. The van der Waals surface area contributed by atoms with Crippen molar-refractivity contribution in [3.8, 4) is 0 Å². The first-order chi connectivity index (χ1) is 8.90. The lowest BCUT2D eigenvalue weighted by Crippen LogP contribution is -2.39. The number of aliphatic hydroxyl groups is 1. The SMILES string of the molecule is CCC(CC)(CO)CNC(=O)c1c(C)oc(C)c1C. The van der Waals surface area contributed by atoms with Crippen molar-refractivity contribution >= 4 is 5.91 Å². The molecule has 0 aliphatic carbocycles. The average Bonchev–Trinajstić information content (AvgIpc) is 2.65. The van der Waals surface area contributed by atoms with Crippen LogP contribution in [0.1, 0.15) is 54.1 Å². The van der Waals surface area contributed by atoms with Gasteiger partial charge in [-0.05, 0) is 33.6 Å². The molecule has 19 heavy (non-hydrogen) atoms. The average molecular weight is 267 g/mol. The van der Waals surface area contributed by atoms with Crippen LogP contribution in [0.5, 0.6) is 0 Å². The Bertz CT molecular complexity index is 436. The van der Waals surface area contributed by atoms with Gasteiger partial charge in [-0.25, -0.2) is 0 Å². The predicted molar refractivity (Wildman–Crippen MR) is 75.4 cm³/mol. The van der Waals surface area contributed by atoms with Crippen LogP contribution in [0.25, 0.3) is 0 Å². The minimum Gasteiger partial charge on any atom is -0.466 e. The number of carbonyl (C=O) groups excluding carboxylic acids is 1. The summed E-state index contributed by atoms with van der Waals surface area (Å²) in [4.78, 5) is 12.2. The van der Waals surface area contributed by atoms with Gasteiger partial charge in [0.2, 0.25) is 0 Å². The lowest BCUT2D eigenvalue weighted by molar-refractivity contribution is 0.0849. The van der Waals surface area contributed by atoms with E-state index >= 15 is 0 Å². The third-order valence-electron chi connectivity index (χ3n) is 4.25. The van der Waals surface area contributed by atoms with E-state index in [1.807, 2.05) is 27.7 Å². The Hall–Kier alpha value is -1.29. The summed E-state index contributed by atoms with van der Waals surface area (Å²) in [5.74, 6) is 1.31. The maximum Gasteiger partial charge on any atom is 0.255 e. The first kappa shape index (κ1) is 15.8. The molecular weight excluding hydrogens is 242 g/mol. The zero-order chi connectivity index (χ0) is 14.6. The lowest BCUT2D eigenvalue weighted by Gasteiger charge is -2.29. The number of carbonyl (C=O) groups is 1. The fourth-order valence-corrected chi connectivity index (χ4v) is 2.26. The molecule has 1 heterocycles. The second-order valence-electron chi connectivity index (χ2n) is 5.26. The van der Waals surface area contributed by atoms with Gasteiger partial charge in [0, 0.05) is 17.5 Å². The Labute approximate surface area is 115 Å². The zero-order valence-corrected chi connectivity index (χ0v) is 12.6. The molecule has 4 nitrogen and oxygen atoms in total. The number of rotatable bonds is 6. The topological polar surface area (TPSA) is 62.5 Å². The second kappa shape index (κ2) is 6.24. The van der Waals surface area contributed by atoms with Gasteiger partial charge < -0.3 is 14.8 Å². The van der Waals surface area contributed by atoms with Crippen molar-refractivity contribution in [2.75, 3.05) is 13.2 Å². The molecule has 1 aromatic rings. The van der Waals surface area contributed by atoms with E-state index < -0.39 is 0 Å². The van der Waals surface area contributed by atoms with Crippen LogP contribution in [0.2, 0.25) is 0 Å². The van der Waals surface area contributed by atoms with Crippen molar-refractivity contribution < 1.29 is 14.3 Å². The molecule has 0 unspecified atom stereocenters. The number of nitrogens with one attached hydrogen (secondary N) is 1. The van der Waals surface area contributed by atoms with Crippen LogP contribution in [0.4, 0.5) is 0 Å². The minimum absolute atomic E-state index is 0.0860. The molecular formula is C15H25NO3. The molecule has 0 spiro atoms. The Balaban J connectivity index is 2.81.